The molecular formula is C23H24F2N6O. The summed E-state index contributed by atoms with van der Waals surface area (Å²) in [6.45, 7) is 0. The summed E-state index contributed by atoms with van der Waals surface area (Å²) in [5.74, 6) is -0.300. The Morgan fingerprint density at radius 2 is 1.91 bits per heavy atom. The Kier molecular flexibility index (Phi) is 5.24. The van der Waals surface area contributed by atoms with Crippen LogP contribution in [0, 0.1) is 11.6 Å². The third-order valence-electron chi connectivity index (χ3n) is 6.00. The molecule has 7 nitrogen and oxygen atoms in total. The molecule has 3 heterocycles. The molecule has 1 aliphatic carbocycles. The van der Waals surface area contributed by atoms with E-state index in [4.69, 9.17) is 9.84 Å². The zero-order chi connectivity index (χ0) is 22.2. The van der Waals surface area contributed by atoms with Gasteiger partial charge in [0, 0.05) is 49.6 Å². The van der Waals surface area contributed by atoms with Crippen molar-refractivity contribution in [3.8, 4) is 17.0 Å². The summed E-state index contributed by atoms with van der Waals surface area (Å²) in [6.07, 6.45) is 8.53. The molecule has 0 bridgehead atoms. The summed E-state index contributed by atoms with van der Waals surface area (Å²) in [7, 11) is 3.72. The van der Waals surface area contributed by atoms with Crippen LogP contribution in [0.15, 0.2) is 42.9 Å². The fourth-order valence-corrected chi connectivity index (χ4v) is 4.36. The lowest BCUT2D eigenvalue weighted by molar-refractivity contribution is 0.125. The monoisotopic (exact) mass is 438 g/mol. The molecule has 0 atom stereocenters. The Balaban J connectivity index is 1.41. The van der Waals surface area contributed by atoms with E-state index in [0.717, 1.165) is 71.9 Å². The molecule has 5 rings (SSSR count). The molecule has 9 heteroatoms. The van der Waals surface area contributed by atoms with Crippen LogP contribution in [0.25, 0.3) is 22.2 Å². The lowest BCUT2D eigenvalue weighted by atomic mass is 9.93. The van der Waals surface area contributed by atoms with E-state index < -0.39 is 11.6 Å². The molecule has 0 amide bonds. The smallest absolute Gasteiger partial charge is 0.165 e. The van der Waals surface area contributed by atoms with Gasteiger partial charge in [-0.05, 0) is 37.8 Å². The van der Waals surface area contributed by atoms with Crippen LogP contribution in [0.2, 0.25) is 0 Å². The van der Waals surface area contributed by atoms with Gasteiger partial charge in [-0.3, -0.25) is 9.36 Å². The maximum Gasteiger partial charge on any atom is 0.165 e. The van der Waals surface area contributed by atoms with Crippen LogP contribution in [0.5, 0.6) is 5.75 Å². The molecular weight excluding hydrogens is 414 g/mol. The first kappa shape index (κ1) is 20.4. The van der Waals surface area contributed by atoms with E-state index in [9.17, 15) is 8.78 Å². The average molecular weight is 438 g/mol. The molecule has 1 fully saturated rings. The number of nitrogens with zero attached hydrogens (tertiary/aromatic N) is 5. The van der Waals surface area contributed by atoms with Crippen molar-refractivity contribution in [2.75, 3.05) is 12.4 Å². The van der Waals surface area contributed by atoms with Gasteiger partial charge in [-0.1, -0.05) is 0 Å². The van der Waals surface area contributed by atoms with Crippen molar-refractivity contribution in [1.29, 1.82) is 0 Å². The minimum atomic E-state index is -0.542. The van der Waals surface area contributed by atoms with E-state index in [2.05, 4.69) is 20.1 Å². The summed E-state index contributed by atoms with van der Waals surface area (Å²) in [4.78, 5) is 4.47. The highest BCUT2D eigenvalue weighted by atomic mass is 19.1. The number of ether oxygens (including phenoxy) is 1. The number of rotatable bonds is 5. The molecule has 0 spiro atoms. The van der Waals surface area contributed by atoms with Crippen molar-refractivity contribution in [2.45, 2.75) is 37.8 Å². The number of nitrogens with one attached hydrogen (secondary N) is 1. The van der Waals surface area contributed by atoms with Gasteiger partial charge in [0.1, 0.15) is 17.3 Å². The van der Waals surface area contributed by atoms with Crippen molar-refractivity contribution in [1.82, 2.24) is 24.5 Å². The van der Waals surface area contributed by atoms with E-state index >= 15 is 0 Å². The number of hydrogen-bond donors (Lipinski definition) is 1. The Bertz CT molecular complexity index is 1260. The van der Waals surface area contributed by atoms with E-state index in [0.29, 0.717) is 0 Å². The molecule has 0 unspecified atom stereocenters. The van der Waals surface area contributed by atoms with E-state index in [1.165, 1.54) is 0 Å². The molecule has 0 saturated heterocycles. The Hall–Kier alpha value is -3.49. The number of aromatic nitrogens is 5. The van der Waals surface area contributed by atoms with Crippen LogP contribution in [0.1, 0.15) is 31.7 Å². The fourth-order valence-electron chi connectivity index (χ4n) is 4.36. The van der Waals surface area contributed by atoms with Gasteiger partial charge in [-0.25, -0.2) is 13.8 Å². The molecule has 1 saturated carbocycles. The minimum Gasteiger partial charge on any atom is -0.487 e. The second-order valence-electron chi connectivity index (χ2n) is 8.16. The van der Waals surface area contributed by atoms with Crippen LogP contribution in [-0.4, -0.2) is 37.7 Å². The summed E-state index contributed by atoms with van der Waals surface area (Å²) < 4.78 is 37.0. The first-order valence-electron chi connectivity index (χ1n) is 10.7. The molecule has 1 N–H and O–H groups in total. The maximum absolute atomic E-state index is 14.0. The second-order valence-corrected chi connectivity index (χ2v) is 8.16. The first-order valence-corrected chi connectivity index (χ1v) is 10.7. The van der Waals surface area contributed by atoms with Gasteiger partial charge in [-0.2, -0.15) is 10.2 Å². The van der Waals surface area contributed by atoms with Gasteiger partial charge < -0.3 is 10.1 Å². The molecule has 166 valence electrons. The molecule has 3 aromatic heterocycles. The third kappa shape index (κ3) is 3.79. The van der Waals surface area contributed by atoms with Crippen LogP contribution < -0.4 is 10.1 Å². The summed E-state index contributed by atoms with van der Waals surface area (Å²) >= 11 is 0. The van der Waals surface area contributed by atoms with Crippen LogP contribution in [0.3, 0.4) is 0 Å². The standard InChI is InChI=1S/C23H24F2N6O/c1-26-22-10-20-18(12-27-22)23(14-11-28-30(2)13-14)29-31(20)16-4-6-17(7-5-16)32-21-9-15(24)3-8-19(21)25/h3,8-13,16-17H,4-7H2,1-2H3,(H,26,27)/t16-,17+. The number of hydrogen-bond acceptors (Lipinski definition) is 5. The second kappa shape index (κ2) is 8.22. The SMILES string of the molecule is CNc1cc2c(cn1)c(-c1cnn(C)c1)nn2[C@H]1CC[C@@H](Oc2cc(F)ccc2F)CC1. The van der Waals surface area contributed by atoms with Crippen molar-refractivity contribution in [2.24, 2.45) is 7.05 Å². The molecule has 0 aliphatic heterocycles. The van der Waals surface area contributed by atoms with Crippen LogP contribution in [0.4, 0.5) is 14.6 Å². The van der Waals surface area contributed by atoms with Gasteiger partial charge in [0.05, 0.1) is 23.9 Å². The van der Waals surface area contributed by atoms with Crippen molar-refractivity contribution >= 4 is 16.7 Å². The van der Waals surface area contributed by atoms with E-state index in [-0.39, 0.29) is 17.9 Å². The molecule has 32 heavy (non-hydrogen) atoms. The number of halogens is 2. The Labute approximate surface area is 184 Å². The third-order valence-corrected chi connectivity index (χ3v) is 6.00. The number of anilines is 1. The predicted octanol–water partition coefficient (Wildman–Crippen LogP) is 4.71. The highest BCUT2D eigenvalue weighted by Crippen LogP contribution is 2.36. The highest BCUT2D eigenvalue weighted by molar-refractivity contribution is 5.93. The normalized spacial score (nSPS) is 18.8. The van der Waals surface area contributed by atoms with Gasteiger partial charge in [-0.15, -0.1) is 0 Å². The van der Waals surface area contributed by atoms with Gasteiger partial charge in [0.25, 0.3) is 0 Å². The number of aryl methyl sites for hydroxylation is 1. The van der Waals surface area contributed by atoms with Crippen molar-refractivity contribution < 1.29 is 13.5 Å². The van der Waals surface area contributed by atoms with Crippen LogP contribution in [-0.2, 0) is 7.05 Å². The number of fused-ring (bicyclic) bond motifs is 1. The Morgan fingerprint density at radius 1 is 1.09 bits per heavy atom. The summed E-state index contributed by atoms with van der Waals surface area (Å²) in [5.41, 5.74) is 2.79. The number of benzene rings is 1. The topological polar surface area (TPSA) is 69.8 Å². The minimum absolute atomic E-state index is 0.0263. The van der Waals surface area contributed by atoms with Gasteiger partial charge >= 0.3 is 0 Å². The quantitative estimate of drug-likeness (QED) is 0.489. The zero-order valence-electron chi connectivity index (χ0n) is 17.9. The molecule has 4 aromatic rings. The van der Waals surface area contributed by atoms with Crippen LogP contribution >= 0.6 is 0 Å². The average Bonchev–Trinajstić information content (AvgIpc) is 3.40. The van der Waals surface area contributed by atoms with Gasteiger partial charge in [0.2, 0.25) is 0 Å². The first-order chi connectivity index (χ1) is 15.5. The summed E-state index contributed by atoms with van der Waals surface area (Å²) in [5, 5.41) is 13.3. The van der Waals surface area contributed by atoms with Gasteiger partial charge in [0.15, 0.2) is 11.6 Å². The van der Waals surface area contributed by atoms with E-state index in [1.807, 2.05) is 32.6 Å². The molecule has 0 radical (unpaired) electrons. The lowest BCUT2D eigenvalue weighted by Crippen LogP contribution is -2.26. The van der Waals surface area contributed by atoms with Crippen molar-refractivity contribution in [3.05, 3.63) is 54.5 Å². The number of pyridine rings is 1. The molecule has 1 aromatic carbocycles. The lowest BCUT2D eigenvalue weighted by Gasteiger charge is -2.29. The summed E-state index contributed by atoms with van der Waals surface area (Å²) in [6, 6.07) is 5.48. The highest BCUT2D eigenvalue weighted by Gasteiger charge is 2.27. The van der Waals surface area contributed by atoms with Crippen molar-refractivity contribution in [3.63, 3.8) is 0 Å². The largest absolute Gasteiger partial charge is 0.487 e. The fraction of sp³-hybridized carbons (Fsp3) is 0.348. The zero-order valence-corrected chi connectivity index (χ0v) is 17.9. The predicted molar refractivity (Wildman–Crippen MR) is 118 cm³/mol. The maximum atomic E-state index is 14.0. The Morgan fingerprint density at radius 3 is 2.62 bits per heavy atom. The van der Waals surface area contributed by atoms with E-state index in [1.54, 1.807) is 10.9 Å². The molecule has 1 aliphatic rings.